The van der Waals surface area contributed by atoms with Crippen molar-refractivity contribution in [2.75, 3.05) is 0 Å². The largest absolute Gasteiger partial charge is 0.244 e. The van der Waals surface area contributed by atoms with Gasteiger partial charge >= 0.3 is 0 Å². The molecule has 37 heavy (non-hydrogen) atoms. The van der Waals surface area contributed by atoms with E-state index in [4.69, 9.17) is 0 Å². The minimum atomic E-state index is 0.0174. The van der Waals surface area contributed by atoms with Gasteiger partial charge in [-0.1, -0.05) is 139 Å². The lowest BCUT2D eigenvalue weighted by Gasteiger charge is -2.37. The zero-order chi connectivity index (χ0) is 26.2. The molecule has 0 saturated carbocycles. The highest BCUT2D eigenvalue weighted by molar-refractivity contribution is 5.30. The third kappa shape index (κ3) is 9.47. The molecule has 0 amide bonds. The predicted octanol–water partition coefficient (Wildman–Crippen LogP) is 9.63. The molecule has 2 aromatic carbocycles. The van der Waals surface area contributed by atoms with E-state index in [9.17, 15) is 0 Å². The van der Waals surface area contributed by atoms with Crippen LogP contribution in [0, 0.1) is 0 Å². The van der Waals surface area contributed by atoms with Gasteiger partial charge in [-0.3, -0.25) is 0 Å². The van der Waals surface area contributed by atoms with E-state index in [1.54, 1.807) is 0 Å². The van der Waals surface area contributed by atoms with Crippen LogP contribution < -0.4 is 4.57 Å². The van der Waals surface area contributed by atoms with Crippen LogP contribution in [0.5, 0.6) is 0 Å². The molecule has 1 heterocycles. The van der Waals surface area contributed by atoms with Crippen molar-refractivity contribution in [3.63, 3.8) is 0 Å². The molecular formula is C35H53N2+. The second-order valence-corrected chi connectivity index (χ2v) is 11.4. The van der Waals surface area contributed by atoms with E-state index < -0.39 is 0 Å². The molecule has 2 nitrogen and oxygen atoms in total. The maximum Gasteiger partial charge on any atom is 0.244 e. The summed E-state index contributed by atoms with van der Waals surface area (Å²) >= 11 is 0. The fraction of sp³-hybridized carbons (Fsp3) is 0.571. The Morgan fingerprint density at radius 1 is 0.703 bits per heavy atom. The summed E-state index contributed by atoms with van der Waals surface area (Å²) < 4.78 is 4.99. The van der Waals surface area contributed by atoms with E-state index in [1.165, 1.54) is 94.6 Å². The van der Waals surface area contributed by atoms with Gasteiger partial charge in [0, 0.05) is 5.41 Å². The van der Waals surface area contributed by atoms with Gasteiger partial charge in [-0.25, -0.2) is 9.13 Å². The van der Waals surface area contributed by atoms with E-state index in [-0.39, 0.29) is 5.41 Å². The number of aryl methyl sites for hydroxylation is 1. The van der Waals surface area contributed by atoms with Crippen molar-refractivity contribution in [1.82, 2.24) is 4.57 Å². The highest BCUT2D eigenvalue weighted by Crippen LogP contribution is 2.41. The maximum absolute atomic E-state index is 2.55. The number of unbranched alkanes of at least 4 members (excludes halogenated alkanes) is 10. The van der Waals surface area contributed by atoms with Gasteiger partial charge in [0.1, 0.15) is 18.4 Å². The Bertz CT molecular complexity index is 961. The Morgan fingerprint density at radius 2 is 1.27 bits per heavy atom. The van der Waals surface area contributed by atoms with E-state index in [2.05, 4.69) is 109 Å². The zero-order valence-electron chi connectivity index (χ0n) is 24.1. The molecule has 202 valence electrons. The van der Waals surface area contributed by atoms with Gasteiger partial charge < -0.3 is 0 Å². The van der Waals surface area contributed by atoms with Gasteiger partial charge in [0.2, 0.25) is 6.33 Å². The molecule has 0 spiro atoms. The molecule has 3 aromatic rings. The highest BCUT2D eigenvalue weighted by atomic mass is 15.1. The van der Waals surface area contributed by atoms with Crippen molar-refractivity contribution in [3.8, 4) is 0 Å². The molecule has 2 unspecified atom stereocenters. The summed E-state index contributed by atoms with van der Waals surface area (Å²) in [6, 6.07) is 22.8. The van der Waals surface area contributed by atoms with Crippen LogP contribution in [-0.2, 0) is 18.4 Å². The normalized spacial score (nSPS) is 13.9. The van der Waals surface area contributed by atoms with Crippen LogP contribution in [-0.4, -0.2) is 4.57 Å². The number of hydrogen-bond acceptors (Lipinski definition) is 0. The number of imidazole rings is 1. The molecule has 0 aliphatic carbocycles. The minimum Gasteiger partial charge on any atom is -0.237 e. The standard InChI is InChI=1S/C35H53N2/c1-4-6-8-10-11-13-21-27-36-28-29-37(31-36)34(26-20-12-9-7-5-2)35(3,33-24-18-15-19-25-33)30-32-22-16-14-17-23-32/h14-19,22-25,28-29,31,34H,4-13,20-21,26-27,30H2,1-3H3/q+1. The molecule has 0 bridgehead atoms. The molecule has 0 radical (unpaired) electrons. The lowest BCUT2D eigenvalue weighted by molar-refractivity contribution is -0.697. The Balaban J connectivity index is 1.78. The lowest BCUT2D eigenvalue weighted by Crippen LogP contribution is -2.38. The van der Waals surface area contributed by atoms with E-state index >= 15 is 0 Å². The lowest BCUT2D eigenvalue weighted by atomic mass is 9.70. The molecule has 0 saturated heterocycles. The van der Waals surface area contributed by atoms with E-state index in [0.717, 1.165) is 13.0 Å². The second kappa shape index (κ2) is 16.5. The summed E-state index contributed by atoms with van der Waals surface area (Å²) in [7, 11) is 0. The van der Waals surface area contributed by atoms with Crippen LogP contribution in [0.25, 0.3) is 0 Å². The van der Waals surface area contributed by atoms with Crippen molar-refractivity contribution < 1.29 is 4.57 Å². The smallest absolute Gasteiger partial charge is 0.237 e. The SMILES string of the molecule is CCCCCCCCC[n+]1ccn(C(CCCCCCC)C(C)(Cc2ccccc2)c2ccccc2)c1. The molecular weight excluding hydrogens is 448 g/mol. The summed E-state index contributed by atoms with van der Waals surface area (Å²) in [6.45, 7) is 8.23. The van der Waals surface area contributed by atoms with Crippen LogP contribution in [0.15, 0.2) is 79.4 Å². The van der Waals surface area contributed by atoms with Crippen molar-refractivity contribution in [3.05, 3.63) is 90.5 Å². The second-order valence-electron chi connectivity index (χ2n) is 11.4. The van der Waals surface area contributed by atoms with Gasteiger partial charge in [-0.05, 0) is 43.2 Å². The molecule has 0 N–H and O–H groups in total. The average molecular weight is 502 g/mol. The van der Waals surface area contributed by atoms with Crippen LogP contribution in [0.1, 0.15) is 121 Å². The first-order valence-electron chi connectivity index (χ1n) is 15.3. The molecule has 0 fully saturated rings. The first kappa shape index (κ1) is 29.2. The Kier molecular flexibility index (Phi) is 13.0. The van der Waals surface area contributed by atoms with Gasteiger partial charge in [0.05, 0.1) is 6.54 Å². The van der Waals surface area contributed by atoms with Gasteiger partial charge in [0.25, 0.3) is 0 Å². The summed E-state index contributed by atoms with van der Waals surface area (Å²) in [6.07, 6.45) is 25.5. The molecule has 3 rings (SSSR count). The Labute approximate surface area is 228 Å². The molecule has 2 atom stereocenters. The van der Waals surface area contributed by atoms with Gasteiger partial charge in [-0.2, -0.15) is 0 Å². The Morgan fingerprint density at radius 3 is 1.92 bits per heavy atom. The molecule has 2 heteroatoms. The molecule has 1 aromatic heterocycles. The van der Waals surface area contributed by atoms with E-state index in [1.807, 2.05) is 0 Å². The minimum absolute atomic E-state index is 0.0174. The molecule has 0 aliphatic rings. The van der Waals surface area contributed by atoms with Crippen LogP contribution in [0.2, 0.25) is 0 Å². The fourth-order valence-corrected chi connectivity index (χ4v) is 5.97. The van der Waals surface area contributed by atoms with Gasteiger partial charge in [0.15, 0.2) is 0 Å². The van der Waals surface area contributed by atoms with Crippen molar-refractivity contribution >= 4 is 0 Å². The quantitative estimate of drug-likeness (QED) is 0.114. The van der Waals surface area contributed by atoms with Crippen molar-refractivity contribution in [2.24, 2.45) is 0 Å². The number of rotatable bonds is 19. The summed E-state index contributed by atoms with van der Waals surface area (Å²) in [5.41, 5.74) is 2.89. The highest BCUT2D eigenvalue weighted by Gasteiger charge is 2.40. The first-order chi connectivity index (χ1) is 18.2. The number of benzene rings is 2. The molecule has 0 aliphatic heterocycles. The van der Waals surface area contributed by atoms with Crippen LogP contribution in [0.3, 0.4) is 0 Å². The number of hydrogen-bond donors (Lipinski definition) is 0. The van der Waals surface area contributed by atoms with Gasteiger partial charge in [-0.15, -0.1) is 0 Å². The monoisotopic (exact) mass is 501 g/mol. The van der Waals surface area contributed by atoms with Crippen molar-refractivity contribution in [2.45, 2.75) is 129 Å². The topological polar surface area (TPSA) is 8.81 Å². The third-order valence-electron chi connectivity index (χ3n) is 8.26. The van der Waals surface area contributed by atoms with Crippen molar-refractivity contribution in [1.29, 1.82) is 0 Å². The van der Waals surface area contributed by atoms with Crippen LogP contribution in [0.4, 0.5) is 0 Å². The summed E-state index contributed by atoms with van der Waals surface area (Å²) in [5.74, 6) is 0. The first-order valence-corrected chi connectivity index (χ1v) is 15.3. The summed E-state index contributed by atoms with van der Waals surface area (Å²) in [4.78, 5) is 0. The zero-order valence-corrected chi connectivity index (χ0v) is 24.1. The third-order valence-corrected chi connectivity index (χ3v) is 8.26. The average Bonchev–Trinajstić information content (AvgIpc) is 3.39. The number of nitrogens with zero attached hydrogens (tertiary/aromatic N) is 2. The predicted molar refractivity (Wildman–Crippen MR) is 159 cm³/mol. The fourth-order valence-electron chi connectivity index (χ4n) is 5.97. The van der Waals surface area contributed by atoms with E-state index in [0.29, 0.717) is 6.04 Å². The number of aromatic nitrogens is 2. The Hall–Kier alpha value is -2.35. The van der Waals surface area contributed by atoms with Crippen LogP contribution >= 0.6 is 0 Å². The summed E-state index contributed by atoms with van der Waals surface area (Å²) in [5, 5.41) is 0. The maximum atomic E-state index is 2.55.